The number of nitrogens with zero attached hydrogens (tertiary/aromatic N) is 1. The number of fused-ring (bicyclic) bond motifs is 1. The van der Waals surface area contributed by atoms with Crippen molar-refractivity contribution in [3.8, 4) is 17.0 Å². The van der Waals surface area contributed by atoms with Gasteiger partial charge in [-0.2, -0.15) is 0 Å². The molecule has 4 rings (SSSR count). The molecule has 1 amide bonds. The monoisotopic (exact) mass is 320 g/mol. The third kappa shape index (κ3) is 2.26. The van der Waals surface area contributed by atoms with E-state index in [2.05, 4.69) is 23.2 Å². The third-order valence-corrected chi connectivity index (χ3v) is 4.93. The minimum atomic E-state index is 0.106. The number of hydrogen-bond donors (Lipinski definition) is 1. The van der Waals surface area contributed by atoms with Crippen LogP contribution in [0.4, 0.5) is 0 Å². The van der Waals surface area contributed by atoms with Gasteiger partial charge in [-0.25, -0.2) is 0 Å². The van der Waals surface area contributed by atoms with E-state index in [1.54, 1.807) is 7.11 Å². The van der Waals surface area contributed by atoms with Gasteiger partial charge < -0.3 is 14.6 Å². The Morgan fingerprint density at radius 1 is 1.17 bits per heavy atom. The summed E-state index contributed by atoms with van der Waals surface area (Å²) < 4.78 is 5.38. The van der Waals surface area contributed by atoms with Crippen molar-refractivity contribution in [2.75, 3.05) is 14.2 Å². The van der Waals surface area contributed by atoms with Gasteiger partial charge >= 0.3 is 0 Å². The first-order valence-corrected chi connectivity index (χ1v) is 8.19. The molecule has 4 heteroatoms. The number of carbonyl (C=O) groups excluding carboxylic acids is 1. The number of rotatable bonds is 3. The van der Waals surface area contributed by atoms with Gasteiger partial charge in [0.05, 0.1) is 18.8 Å². The molecule has 0 spiro atoms. The average Bonchev–Trinajstić information content (AvgIpc) is 3.16. The molecule has 4 nitrogen and oxygen atoms in total. The van der Waals surface area contributed by atoms with E-state index < -0.39 is 0 Å². The Bertz CT molecular complexity index is 913. The van der Waals surface area contributed by atoms with Crippen LogP contribution in [0.15, 0.2) is 48.5 Å². The lowest BCUT2D eigenvalue weighted by Gasteiger charge is -2.21. The van der Waals surface area contributed by atoms with Crippen LogP contribution in [0, 0.1) is 0 Å². The third-order valence-electron chi connectivity index (χ3n) is 4.93. The standard InChI is InChI=1S/C20H20N2O2/c1-22-17(10-11-18(22)23)19-15-8-3-4-9-16(15)21-20(19)13-6-5-7-14(12-13)24-2/h3-9,12,17,21H,10-11H2,1-2H3. The van der Waals surface area contributed by atoms with E-state index in [4.69, 9.17) is 4.74 Å². The summed E-state index contributed by atoms with van der Waals surface area (Å²) in [4.78, 5) is 17.5. The Morgan fingerprint density at radius 3 is 2.75 bits per heavy atom. The van der Waals surface area contributed by atoms with E-state index in [1.165, 1.54) is 10.9 Å². The maximum absolute atomic E-state index is 12.1. The Balaban J connectivity index is 1.95. The van der Waals surface area contributed by atoms with Gasteiger partial charge in [0, 0.05) is 35.5 Å². The SMILES string of the molecule is COc1cccc(-c2[nH]c3ccccc3c2C2CCC(=O)N2C)c1. The molecule has 1 fully saturated rings. The van der Waals surface area contributed by atoms with Crippen LogP contribution in [0.1, 0.15) is 24.4 Å². The van der Waals surface area contributed by atoms with Crippen LogP contribution < -0.4 is 4.74 Å². The summed E-state index contributed by atoms with van der Waals surface area (Å²) in [6, 6.07) is 16.4. The van der Waals surface area contributed by atoms with Crippen LogP contribution in [0.5, 0.6) is 5.75 Å². The van der Waals surface area contributed by atoms with Crippen LogP contribution >= 0.6 is 0 Å². The number of aromatic nitrogens is 1. The molecule has 122 valence electrons. The highest BCUT2D eigenvalue weighted by Gasteiger charge is 2.33. The van der Waals surface area contributed by atoms with Crippen LogP contribution in [0.3, 0.4) is 0 Å². The molecule has 1 aliphatic heterocycles. The number of likely N-dealkylation sites (tertiary alicyclic amines) is 1. The van der Waals surface area contributed by atoms with Crippen molar-refractivity contribution in [1.82, 2.24) is 9.88 Å². The van der Waals surface area contributed by atoms with Crippen LogP contribution in [-0.2, 0) is 4.79 Å². The smallest absolute Gasteiger partial charge is 0.222 e. The Kier molecular flexibility index (Phi) is 3.53. The van der Waals surface area contributed by atoms with E-state index >= 15 is 0 Å². The quantitative estimate of drug-likeness (QED) is 0.788. The maximum Gasteiger partial charge on any atom is 0.222 e. The number of ether oxygens (including phenoxy) is 1. The van der Waals surface area contributed by atoms with Crippen molar-refractivity contribution in [2.45, 2.75) is 18.9 Å². The van der Waals surface area contributed by atoms with Gasteiger partial charge in [-0.05, 0) is 24.6 Å². The number of aromatic amines is 1. The summed E-state index contributed by atoms with van der Waals surface area (Å²) >= 11 is 0. The maximum atomic E-state index is 12.1. The molecule has 1 saturated heterocycles. The number of amides is 1. The first kappa shape index (κ1) is 14.8. The van der Waals surface area contributed by atoms with E-state index in [-0.39, 0.29) is 11.9 Å². The summed E-state index contributed by atoms with van der Waals surface area (Å²) in [6.07, 6.45) is 1.46. The highest BCUT2D eigenvalue weighted by atomic mass is 16.5. The number of hydrogen-bond acceptors (Lipinski definition) is 2. The van der Waals surface area contributed by atoms with Crippen LogP contribution in [-0.4, -0.2) is 29.9 Å². The Labute approximate surface area is 141 Å². The van der Waals surface area contributed by atoms with Gasteiger partial charge in [0.25, 0.3) is 0 Å². The second-order valence-corrected chi connectivity index (χ2v) is 6.25. The van der Waals surface area contributed by atoms with Crippen molar-refractivity contribution >= 4 is 16.8 Å². The topological polar surface area (TPSA) is 45.3 Å². The zero-order chi connectivity index (χ0) is 16.7. The van der Waals surface area contributed by atoms with Gasteiger partial charge in [-0.1, -0.05) is 30.3 Å². The van der Waals surface area contributed by atoms with E-state index in [0.717, 1.165) is 28.9 Å². The van der Waals surface area contributed by atoms with Crippen molar-refractivity contribution in [3.63, 3.8) is 0 Å². The van der Waals surface area contributed by atoms with Crippen molar-refractivity contribution in [1.29, 1.82) is 0 Å². The Hall–Kier alpha value is -2.75. The molecular formula is C20H20N2O2. The number of methoxy groups -OCH3 is 1. The van der Waals surface area contributed by atoms with Gasteiger partial charge in [0.1, 0.15) is 5.75 Å². The molecule has 0 aliphatic carbocycles. The zero-order valence-corrected chi connectivity index (χ0v) is 13.9. The molecule has 1 unspecified atom stereocenters. The largest absolute Gasteiger partial charge is 0.497 e. The summed E-state index contributed by atoms with van der Waals surface area (Å²) in [5.41, 5.74) is 4.44. The van der Waals surface area contributed by atoms with Crippen molar-refractivity contribution in [2.24, 2.45) is 0 Å². The summed E-state index contributed by atoms with van der Waals surface area (Å²) in [5, 5.41) is 1.18. The number of carbonyl (C=O) groups is 1. The molecule has 2 heterocycles. The minimum absolute atomic E-state index is 0.106. The van der Waals surface area contributed by atoms with Crippen LogP contribution in [0.2, 0.25) is 0 Å². The van der Waals surface area contributed by atoms with Gasteiger partial charge in [-0.3, -0.25) is 4.79 Å². The molecule has 0 bridgehead atoms. The van der Waals surface area contributed by atoms with E-state index in [1.807, 2.05) is 42.3 Å². The second-order valence-electron chi connectivity index (χ2n) is 6.25. The molecule has 2 aromatic carbocycles. The molecule has 1 atom stereocenters. The van der Waals surface area contributed by atoms with Gasteiger partial charge in [0.2, 0.25) is 5.91 Å². The summed E-state index contributed by atoms with van der Waals surface area (Å²) in [6.45, 7) is 0. The first-order valence-electron chi connectivity index (χ1n) is 8.19. The predicted molar refractivity (Wildman–Crippen MR) is 95.0 cm³/mol. The fourth-order valence-electron chi connectivity index (χ4n) is 3.66. The molecule has 0 radical (unpaired) electrons. The lowest BCUT2D eigenvalue weighted by molar-refractivity contribution is -0.127. The fourth-order valence-corrected chi connectivity index (χ4v) is 3.66. The Morgan fingerprint density at radius 2 is 2.00 bits per heavy atom. The molecule has 24 heavy (non-hydrogen) atoms. The molecule has 1 aromatic heterocycles. The molecule has 1 aliphatic rings. The number of benzene rings is 2. The highest BCUT2D eigenvalue weighted by molar-refractivity contribution is 5.92. The van der Waals surface area contributed by atoms with Gasteiger partial charge in [0.15, 0.2) is 0 Å². The predicted octanol–water partition coefficient (Wildman–Crippen LogP) is 4.14. The average molecular weight is 320 g/mol. The molecule has 0 saturated carbocycles. The van der Waals surface area contributed by atoms with Crippen molar-refractivity contribution in [3.05, 3.63) is 54.1 Å². The number of para-hydroxylation sites is 1. The van der Waals surface area contributed by atoms with Crippen molar-refractivity contribution < 1.29 is 9.53 Å². The first-order chi connectivity index (χ1) is 11.7. The lowest BCUT2D eigenvalue weighted by Crippen LogP contribution is -2.22. The van der Waals surface area contributed by atoms with E-state index in [0.29, 0.717) is 6.42 Å². The van der Waals surface area contributed by atoms with Gasteiger partial charge in [-0.15, -0.1) is 0 Å². The number of nitrogens with one attached hydrogen (secondary N) is 1. The highest BCUT2D eigenvalue weighted by Crippen LogP contribution is 2.42. The van der Waals surface area contributed by atoms with E-state index in [9.17, 15) is 4.79 Å². The minimum Gasteiger partial charge on any atom is -0.497 e. The lowest BCUT2D eigenvalue weighted by atomic mass is 9.97. The summed E-state index contributed by atoms with van der Waals surface area (Å²) in [7, 11) is 3.58. The fraction of sp³-hybridized carbons (Fsp3) is 0.250. The normalized spacial score (nSPS) is 17.7. The zero-order valence-electron chi connectivity index (χ0n) is 13.9. The molecule has 1 N–H and O–H groups in total. The second kappa shape index (κ2) is 5.71. The van der Waals surface area contributed by atoms with Crippen LogP contribution in [0.25, 0.3) is 22.2 Å². The number of H-pyrrole nitrogens is 1. The molecule has 3 aromatic rings. The summed E-state index contributed by atoms with van der Waals surface area (Å²) in [5.74, 6) is 1.04. The molecular weight excluding hydrogens is 300 g/mol.